The molecule has 1 aliphatic rings. The third kappa shape index (κ3) is 3.39. The highest BCUT2D eigenvalue weighted by Crippen LogP contribution is 2.27. The molecule has 1 heterocycles. The van der Waals surface area contributed by atoms with E-state index in [9.17, 15) is 9.90 Å². The molecule has 1 atom stereocenters. The fraction of sp³-hybridized carbons (Fsp3) is 0.500. The maximum absolute atomic E-state index is 12.2. The fourth-order valence-electron chi connectivity index (χ4n) is 2.49. The van der Waals surface area contributed by atoms with Crippen molar-refractivity contribution in [3.63, 3.8) is 0 Å². The number of nitrogens with zero attached hydrogens (tertiary/aromatic N) is 1. The average molecular weight is 283 g/mol. The van der Waals surface area contributed by atoms with Crippen molar-refractivity contribution in [3.8, 4) is 5.75 Å². The van der Waals surface area contributed by atoms with Gasteiger partial charge in [0.05, 0.1) is 11.1 Å². The molecule has 0 bridgehead atoms. The fourth-order valence-corrected chi connectivity index (χ4v) is 2.67. The van der Waals surface area contributed by atoms with Crippen LogP contribution in [0.15, 0.2) is 18.2 Å². The van der Waals surface area contributed by atoms with Crippen LogP contribution in [0.3, 0.4) is 0 Å². The molecule has 104 valence electrons. The Morgan fingerprint density at radius 3 is 3.05 bits per heavy atom. The molecule has 0 aromatic heterocycles. The Morgan fingerprint density at radius 2 is 2.37 bits per heavy atom. The van der Waals surface area contributed by atoms with Gasteiger partial charge in [-0.1, -0.05) is 18.5 Å². The number of anilines is 1. The molecule has 5 heteroatoms. The molecule has 0 radical (unpaired) electrons. The van der Waals surface area contributed by atoms with Gasteiger partial charge in [0.2, 0.25) is 5.91 Å². The Labute approximate surface area is 118 Å². The number of likely N-dealkylation sites (tertiary alicyclic amines) is 1. The van der Waals surface area contributed by atoms with E-state index in [1.807, 2.05) is 0 Å². The minimum Gasteiger partial charge on any atom is -0.506 e. The van der Waals surface area contributed by atoms with Gasteiger partial charge >= 0.3 is 0 Å². The van der Waals surface area contributed by atoms with Gasteiger partial charge in [0.25, 0.3) is 0 Å². The highest BCUT2D eigenvalue weighted by Gasteiger charge is 2.29. The Morgan fingerprint density at radius 1 is 1.58 bits per heavy atom. The van der Waals surface area contributed by atoms with Crippen LogP contribution in [-0.2, 0) is 4.79 Å². The molecule has 1 amide bonds. The summed E-state index contributed by atoms with van der Waals surface area (Å²) in [5.41, 5.74) is 0.621. The Bertz CT molecular complexity index is 465. The molecule has 0 spiro atoms. The summed E-state index contributed by atoms with van der Waals surface area (Å²) in [5, 5.41) is 12.5. The van der Waals surface area contributed by atoms with Crippen LogP contribution in [0.4, 0.5) is 5.69 Å². The molecule has 2 N–H and O–H groups in total. The van der Waals surface area contributed by atoms with E-state index in [0.29, 0.717) is 5.69 Å². The molecule has 1 fully saturated rings. The van der Waals surface area contributed by atoms with Crippen LogP contribution in [0.2, 0.25) is 5.02 Å². The number of phenolic OH excluding ortho intramolecular Hbond substituents is 1. The van der Waals surface area contributed by atoms with E-state index in [-0.39, 0.29) is 22.7 Å². The molecule has 1 aliphatic heterocycles. The van der Waals surface area contributed by atoms with Crippen LogP contribution < -0.4 is 5.32 Å². The van der Waals surface area contributed by atoms with E-state index in [4.69, 9.17) is 11.6 Å². The van der Waals surface area contributed by atoms with Gasteiger partial charge in [0.1, 0.15) is 5.75 Å². The van der Waals surface area contributed by atoms with E-state index < -0.39 is 0 Å². The van der Waals surface area contributed by atoms with Crippen LogP contribution in [0, 0.1) is 0 Å². The number of hydrogen-bond donors (Lipinski definition) is 2. The van der Waals surface area contributed by atoms with Crippen LogP contribution in [-0.4, -0.2) is 35.0 Å². The molecule has 1 unspecified atom stereocenters. The molecule has 0 saturated carbocycles. The maximum Gasteiger partial charge on any atom is 0.241 e. The third-order valence-corrected chi connectivity index (χ3v) is 3.70. The zero-order chi connectivity index (χ0) is 13.8. The third-order valence-electron chi connectivity index (χ3n) is 3.39. The van der Waals surface area contributed by atoms with Gasteiger partial charge in [-0.15, -0.1) is 0 Å². The lowest BCUT2D eigenvalue weighted by atomic mass is 10.2. The number of carbonyl (C=O) groups excluding carboxylic acids is 1. The number of amides is 1. The summed E-state index contributed by atoms with van der Waals surface area (Å²) in [5.74, 6) is 0.0286. The van der Waals surface area contributed by atoms with Crippen molar-refractivity contribution in [3.05, 3.63) is 23.2 Å². The smallest absolute Gasteiger partial charge is 0.241 e. The summed E-state index contributed by atoms with van der Waals surface area (Å²) >= 11 is 5.82. The Kier molecular flexibility index (Phi) is 4.66. The highest BCUT2D eigenvalue weighted by molar-refractivity contribution is 6.32. The van der Waals surface area contributed by atoms with Crippen molar-refractivity contribution in [1.29, 1.82) is 0 Å². The van der Waals surface area contributed by atoms with Crippen molar-refractivity contribution in [2.75, 3.05) is 18.4 Å². The van der Waals surface area contributed by atoms with Gasteiger partial charge < -0.3 is 10.4 Å². The summed E-state index contributed by atoms with van der Waals surface area (Å²) in [6, 6.07) is 4.65. The number of carbonyl (C=O) groups is 1. The summed E-state index contributed by atoms with van der Waals surface area (Å²) in [4.78, 5) is 14.5. The largest absolute Gasteiger partial charge is 0.506 e. The van der Waals surface area contributed by atoms with Crippen LogP contribution in [0.25, 0.3) is 0 Å². The first-order chi connectivity index (χ1) is 9.11. The first kappa shape index (κ1) is 14.2. The first-order valence-corrected chi connectivity index (χ1v) is 7.03. The van der Waals surface area contributed by atoms with Gasteiger partial charge in [-0.25, -0.2) is 0 Å². The minimum atomic E-state index is -0.0486. The molecule has 1 saturated heterocycles. The second kappa shape index (κ2) is 6.26. The zero-order valence-electron chi connectivity index (χ0n) is 11.0. The Balaban J connectivity index is 2.02. The lowest BCUT2D eigenvalue weighted by Gasteiger charge is -2.23. The molecular formula is C14H19ClN2O2. The quantitative estimate of drug-likeness (QED) is 0.835. The van der Waals surface area contributed by atoms with Crippen molar-refractivity contribution in [2.45, 2.75) is 32.2 Å². The predicted molar refractivity (Wildman–Crippen MR) is 76.6 cm³/mol. The number of benzene rings is 1. The molecule has 2 rings (SSSR count). The van der Waals surface area contributed by atoms with E-state index in [0.717, 1.165) is 32.4 Å². The number of nitrogens with one attached hydrogen (secondary N) is 1. The van der Waals surface area contributed by atoms with Gasteiger partial charge in [-0.05, 0) is 50.6 Å². The minimum absolute atomic E-state index is 0.00714. The lowest BCUT2D eigenvalue weighted by Crippen LogP contribution is -2.39. The predicted octanol–water partition coefficient (Wildman–Crippen LogP) is 2.86. The SMILES string of the molecule is CCCN1CCCC1C(=O)Nc1ccc(O)c(Cl)c1. The Hall–Kier alpha value is -1.26. The summed E-state index contributed by atoms with van der Waals surface area (Å²) in [7, 11) is 0. The number of phenols is 1. The van der Waals surface area contributed by atoms with E-state index in [2.05, 4.69) is 17.1 Å². The van der Waals surface area contributed by atoms with Crippen molar-refractivity contribution in [1.82, 2.24) is 4.90 Å². The number of rotatable bonds is 4. The lowest BCUT2D eigenvalue weighted by molar-refractivity contribution is -0.120. The van der Waals surface area contributed by atoms with Crippen molar-refractivity contribution >= 4 is 23.2 Å². The van der Waals surface area contributed by atoms with Gasteiger partial charge in [0, 0.05) is 5.69 Å². The normalized spacial score (nSPS) is 19.6. The summed E-state index contributed by atoms with van der Waals surface area (Å²) in [6.07, 6.45) is 3.01. The van der Waals surface area contributed by atoms with E-state index >= 15 is 0 Å². The molecule has 1 aromatic rings. The maximum atomic E-state index is 12.2. The van der Waals surface area contributed by atoms with Gasteiger partial charge in [-0.3, -0.25) is 9.69 Å². The highest BCUT2D eigenvalue weighted by atomic mass is 35.5. The topological polar surface area (TPSA) is 52.6 Å². The summed E-state index contributed by atoms with van der Waals surface area (Å²) in [6.45, 7) is 4.06. The van der Waals surface area contributed by atoms with Crippen LogP contribution in [0.1, 0.15) is 26.2 Å². The second-order valence-corrected chi connectivity index (χ2v) is 5.26. The number of hydrogen-bond acceptors (Lipinski definition) is 3. The number of halogens is 1. The zero-order valence-corrected chi connectivity index (χ0v) is 11.8. The molecule has 0 aliphatic carbocycles. The second-order valence-electron chi connectivity index (χ2n) is 4.85. The molecule has 4 nitrogen and oxygen atoms in total. The standard InChI is InChI=1S/C14H19ClN2O2/c1-2-7-17-8-3-4-12(17)14(19)16-10-5-6-13(18)11(15)9-10/h5-6,9,12,18H,2-4,7-8H2,1H3,(H,16,19). The average Bonchev–Trinajstić information content (AvgIpc) is 2.83. The van der Waals surface area contributed by atoms with Crippen LogP contribution >= 0.6 is 11.6 Å². The molecule has 19 heavy (non-hydrogen) atoms. The van der Waals surface area contributed by atoms with E-state index in [1.165, 1.54) is 6.07 Å². The molecule has 1 aromatic carbocycles. The first-order valence-electron chi connectivity index (χ1n) is 6.65. The summed E-state index contributed by atoms with van der Waals surface area (Å²) < 4.78 is 0. The van der Waals surface area contributed by atoms with Crippen molar-refractivity contribution in [2.24, 2.45) is 0 Å². The number of aromatic hydroxyl groups is 1. The van der Waals surface area contributed by atoms with E-state index in [1.54, 1.807) is 12.1 Å². The van der Waals surface area contributed by atoms with Gasteiger partial charge in [0.15, 0.2) is 0 Å². The molecular weight excluding hydrogens is 264 g/mol. The van der Waals surface area contributed by atoms with Gasteiger partial charge in [-0.2, -0.15) is 0 Å². The van der Waals surface area contributed by atoms with Crippen molar-refractivity contribution < 1.29 is 9.90 Å². The van der Waals surface area contributed by atoms with Crippen LogP contribution in [0.5, 0.6) is 5.75 Å². The monoisotopic (exact) mass is 282 g/mol.